The van der Waals surface area contributed by atoms with Crippen molar-refractivity contribution >= 4 is 45.8 Å². The first kappa shape index (κ1) is 27.6. The van der Waals surface area contributed by atoms with Gasteiger partial charge in [-0.25, -0.2) is 0 Å². The van der Waals surface area contributed by atoms with E-state index in [2.05, 4.69) is 97.1 Å². The van der Waals surface area contributed by atoms with Crippen LogP contribution in [0.4, 0.5) is 0 Å². The first-order valence-corrected chi connectivity index (χ1v) is 17.3. The minimum atomic E-state index is 0.0970. The molecule has 0 saturated heterocycles. The maximum atomic E-state index is 5.25. The molecule has 5 heteroatoms. The molecule has 220 valence electrons. The van der Waals surface area contributed by atoms with Crippen molar-refractivity contribution in [1.29, 1.82) is 0 Å². The molecule has 0 amide bonds. The summed E-state index contributed by atoms with van der Waals surface area (Å²) in [5.74, 6) is 1.93. The van der Waals surface area contributed by atoms with Crippen LogP contribution in [0.1, 0.15) is 0 Å². The van der Waals surface area contributed by atoms with Crippen LogP contribution in [0.15, 0.2) is 158 Å². The fourth-order valence-electron chi connectivity index (χ4n) is 6.34. The Morgan fingerprint density at radius 2 is 0.915 bits per heavy atom. The summed E-state index contributed by atoms with van der Waals surface area (Å²) >= 11 is 0.0970. The van der Waals surface area contributed by atoms with Crippen molar-refractivity contribution < 1.29 is 0 Å². The molecule has 0 N–H and O–H groups in total. The van der Waals surface area contributed by atoms with Gasteiger partial charge in [0.1, 0.15) is 0 Å². The quantitative estimate of drug-likeness (QED) is 0.172. The van der Waals surface area contributed by atoms with Crippen molar-refractivity contribution in [1.82, 2.24) is 19.9 Å². The molecular formula is C42H26N4Se. The van der Waals surface area contributed by atoms with Gasteiger partial charge in [0, 0.05) is 0 Å². The number of benzene rings is 7. The van der Waals surface area contributed by atoms with E-state index in [1.807, 2.05) is 60.7 Å². The van der Waals surface area contributed by atoms with E-state index in [0.717, 1.165) is 48.7 Å². The van der Waals surface area contributed by atoms with Crippen LogP contribution in [-0.2, 0) is 0 Å². The molecule has 0 bridgehead atoms. The van der Waals surface area contributed by atoms with Crippen LogP contribution in [0.25, 0.3) is 86.7 Å². The molecule has 9 rings (SSSR count). The van der Waals surface area contributed by atoms with Crippen molar-refractivity contribution in [3.05, 3.63) is 158 Å². The maximum absolute atomic E-state index is 5.25. The Bertz CT molecular complexity index is 2500. The Morgan fingerprint density at radius 1 is 0.383 bits per heavy atom. The molecular weight excluding hydrogens is 639 g/mol. The average molecular weight is 666 g/mol. The summed E-state index contributed by atoms with van der Waals surface area (Å²) in [4.78, 5) is 20.5. The summed E-state index contributed by atoms with van der Waals surface area (Å²) in [5.41, 5.74) is 7.31. The van der Waals surface area contributed by atoms with Gasteiger partial charge < -0.3 is 0 Å². The van der Waals surface area contributed by atoms with Crippen LogP contribution < -0.4 is 0 Å². The van der Waals surface area contributed by atoms with E-state index in [0.29, 0.717) is 17.5 Å². The van der Waals surface area contributed by atoms with E-state index in [1.165, 1.54) is 20.6 Å². The molecule has 0 unspecified atom stereocenters. The van der Waals surface area contributed by atoms with Crippen LogP contribution in [0.3, 0.4) is 0 Å². The third kappa shape index (κ3) is 4.94. The molecule has 0 spiro atoms. The number of hydrogen-bond donors (Lipinski definition) is 0. The predicted molar refractivity (Wildman–Crippen MR) is 194 cm³/mol. The number of hydrogen-bond acceptors (Lipinski definition) is 4. The monoisotopic (exact) mass is 666 g/mol. The van der Waals surface area contributed by atoms with E-state index in [9.17, 15) is 0 Å². The van der Waals surface area contributed by atoms with Crippen molar-refractivity contribution in [2.45, 2.75) is 0 Å². The molecule has 7 aromatic carbocycles. The molecule has 47 heavy (non-hydrogen) atoms. The van der Waals surface area contributed by atoms with Crippen molar-refractivity contribution in [3.8, 4) is 55.4 Å². The molecule has 0 aliphatic rings. The van der Waals surface area contributed by atoms with Gasteiger partial charge in [-0.2, -0.15) is 0 Å². The second-order valence-corrected chi connectivity index (χ2v) is 13.5. The Balaban J connectivity index is 1.36. The van der Waals surface area contributed by atoms with Gasteiger partial charge in [0.05, 0.1) is 0 Å². The first-order chi connectivity index (χ1) is 23.3. The van der Waals surface area contributed by atoms with Crippen LogP contribution in [0, 0.1) is 0 Å². The topological polar surface area (TPSA) is 51.6 Å². The van der Waals surface area contributed by atoms with E-state index >= 15 is 0 Å². The van der Waals surface area contributed by atoms with Gasteiger partial charge >= 0.3 is 267 Å². The van der Waals surface area contributed by atoms with Gasteiger partial charge in [-0.1, -0.05) is 12.1 Å². The normalized spacial score (nSPS) is 11.4. The number of nitrogens with zero attached hydrogens (tertiary/aromatic N) is 4. The Labute approximate surface area is 277 Å². The number of rotatable bonds is 5. The van der Waals surface area contributed by atoms with Gasteiger partial charge in [-0.05, 0) is 0 Å². The molecule has 0 radical (unpaired) electrons. The molecule has 0 fully saturated rings. The third-order valence-corrected chi connectivity index (χ3v) is 11.0. The first-order valence-electron chi connectivity index (χ1n) is 15.6. The van der Waals surface area contributed by atoms with E-state index in [1.54, 1.807) is 0 Å². The summed E-state index contributed by atoms with van der Waals surface area (Å²) < 4.78 is 2.49. The molecule has 2 aromatic heterocycles. The Morgan fingerprint density at radius 3 is 1.57 bits per heavy atom. The van der Waals surface area contributed by atoms with Crippen molar-refractivity contribution in [3.63, 3.8) is 0 Å². The van der Waals surface area contributed by atoms with E-state index in [4.69, 9.17) is 19.9 Å². The summed E-state index contributed by atoms with van der Waals surface area (Å²) in [6.45, 7) is 0. The summed E-state index contributed by atoms with van der Waals surface area (Å²) in [5, 5.41) is 4.76. The van der Waals surface area contributed by atoms with Crippen LogP contribution >= 0.6 is 0 Å². The van der Waals surface area contributed by atoms with Crippen molar-refractivity contribution in [2.75, 3.05) is 0 Å². The molecule has 0 aliphatic heterocycles. The SMILES string of the molecule is c1ccc(-c2nc(-c3ccccc3)nc(-c3ccc4ccccc4c3-c3cc4nc(-c5ccccc5)[se]c4c4ccccc34)n2)cc1. The van der Waals surface area contributed by atoms with Gasteiger partial charge in [0.2, 0.25) is 0 Å². The zero-order valence-electron chi connectivity index (χ0n) is 25.2. The third-order valence-electron chi connectivity index (χ3n) is 8.56. The molecule has 0 atom stereocenters. The second-order valence-electron chi connectivity index (χ2n) is 11.5. The summed E-state index contributed by atoms with van der Waals surface area (Å²) in [7, 11) is 0. The molecule has 0 saturated carbocycles. The standard InChI is InChI=1S/C42H26N4Se/c1-4-15-28(16-5-1)39-44-40(29-17-6-2-7-18-29)46-41(45-39)34-25-24-27-14-10-11-21-31(27)37(34)35-26-36-38(33-23-13-12-22-32(33)35)47-42(43-36)30-19-8-3-9-20-30/h1-26H. The number of fused-ring (bicyclic) bond motifs is 4. The molecule has 4 nitrogen and oxygen atoms in total. The van der Waals surface area contributed by atoms with Crippen LogP contribution in [0.5, 0.6) is 0 Å². The van der Waals surface area contributed by atoms with Crippen LogP contribution in [-0.4, -0.2) is 34.4 Å². The average Bonchev–Trinajstić information content (AvgIpc) is 3.60. The van der Waals surface area contributed by atoms with Gasteiger partial charge in [-0.15, -0.1) is 0 Å². The number of aromatic nitrogens is 4. The Kier molecular flexibility index (Phi) is 6.78. The van der Waals surface area contributed by atoms with Gasteiger partial charge in [0.15, 0.2) is 0 Å². The fourth-order valence-corrected chi connectivity index (χ4v) is 8.62. The molecule has 2 heterocycles. The zero-order valence-corrected chi connectivity index (χ0v) is 26.9. The van der Waals surface area contributed by atoms with Gasteiger partial charge in [-0.3, -0.25) is 0 Å². The fraction of sp³-hybridized carbons (Fsp3) is 0. The van der Waals surface area contributed by atoms with E-state index in [-0.39, 0.29) is 14.5 Å². The molecule has 0 aliphatic carbocycles. The summed E-state index contributed by atoms with van der Waals surface area (Å²) in [6, 6.07) is 54.8. The predicted octanol–water partition coefficient (Wildman–Crippen LogP) is 10.1. The van der Waals surface area contributed by atoms with Crippen LogP contribution in [0.2, 0.25) is 0 Å². The van der Waals surface area contributed by atoms with Gasteiger partial charge in [0.25, 0.3) is 0 Å². The second kappa shape index (κ2) is 11.6. The minimum absolute atomic E-state index is 0.0970. The van der Waals surface area contributed by atoms with Crippen molar-refractivity contribution in [2.24, 2.45) is 0 Å². The summed E-state index contributed by atoms with van der Waals surface area (Å²) in [6.07, 6.45) is 0. The Hall–Kier alpha value is -5.74. The molecule has 9 aromatic rings. The zero-order chi connectivity index (χ0) is 31.2. The van der Waals surface area contributed by atoms with E-state index < -0.39 is 0 Å².